The van der Waals surface area contributed by atoms with E-state index in [0.717, 1.165) is 24.9 Å². The summed E-state index contributed by atoms with van der Waals surface area (Å²) in [7, 11) is 0. The Morgan fingerprint density at radius 3 is 2.93 bits per heavy atom. The van der Waals surface area contributed by atoms with Crippen LogP contribution in [0.5, 0.6) is 0 Å². The molecule has 4 heteroatoms. The largest absolute Gasteiger partial charge is 0.381 e. The van der Waals surface area contributed by atoms with Gasteiger partial charge in [0.2, 0.25) is 5.95 Å². The lowest BCUT2D eigenvalue weighted by Crippen LogP contribution is -2.14. The molecular weight excluding hydrogens is 178 g/mol. The zero-order valence-corrected chi connectivity index (χ0v) is 8.10. The van der Waals surface area contributed by atoms with E-state index >= 15 is 0 Å². The number of aromatic nitrogens is 2. The van der Waals surface area contributed by atoms with Crippen molar-refractivity contribution >= 4 is 5.95 Å². The second-order valence-electron chi connectivity index (χ2n) is 4.06. The lowest BCUT2D eigenvalue weighted by atomic mass is 10.4. The first-order valence-corrected chi connectivity index (χ1v) is 4.98. The average Bonchev–Trinajstić information content (AvgIpc) is 2.62. The molecule has 1 saturated carbocycles. The summed E-state index contributed by atoms with van der Waals surface area (Å²) in [4.78, 5) is 8.50. The number of fused-ring (bicyclic) bond motifs is 1. The first-order chi connectivity index (χ1) is 6.84. The molecule has 0 bridgehead atoms. The van der Waals surface area contributed by atoms with Crippen LogP contribution in [0.2, 0.25) is 0 Å². The predicted octanol–water partition coefficient (Wildman–Crippen LogP) is 0.842. The molecule has 2 heterocycles. The molecule has 1 saturated heterocycles. The Kier molecular flexibility index (Phi) is 1.70. The van der Waals surface area contributed by atoms with Gasteiger partial charge in [0.1, 0.15) is 0 Å². The number of hydrogen-bond acceptors (Lipinski definition) is 4. The van der Waals surface area contributed by atoms with Crippen molar-refractivity contribution in [1.82, 2.24) is 9.97 Å². The highest BCUT2D eigenvalue weighted by atomic mass is 16.5. The van der Waals surface area contributed by atoms with Crippen LogP contribution in [0.15, 0.2) is 12.3 Å². The van der Waals surface area contributed by atoms with Gasteiger partial charge in [-0.1, -0.05) is 0 Å². The van der Waals surface area contributed by atoms with Crippen LogP contribution in [-0.4, -0.2) is 29.2 Å². The van der Waals surface area contributed by atoms with Crippen LogP contribution in [0.4, 0.5) is 5.95 Å². The van der Waals surface area contributed by atoms with Crippen molar-refractivity contribution in [1.29, 1.82) is 0 Å². The van der Waals surface area contributed by atoms with Crippen molar-refractivity contribution in [3.05, 3.63) is 18.0 Å². The van der Waals surface area contributed by atoms with Crippen LogP contribution in [0.1, 0.15) is 5.69 Å². The molecule has 2 fully saturated rings. The number of nitrogens with one attached hydrogen (secondary N) is 1. The number of ether oxygens (including phenoxy) is 1. The monoisotopic (exact) mass is 191 g/mol. The summed E-state index contributed by atoms with van der Waals surface area (Å²) in [6.07, 6.45) is 1.79. The zero-order valence-electron chi connectivity index (χ0n) is 8.10. The minimum atomic E-state index is 0.547. The molecule has 3 rings (SSSR count). The van der Waals surface area contributed by atoms with Gasteiger partial charge in [-0.15, -0.1) is 0 Å². The van der Waals surface area contributed by atoms with E-state index in [2.05, 4.69) is 15.3 Å². The minimum Gasteiger partial charge on any atom is -0.381 e. The van der Waals surface area contributed by atoms with Gasteiger partial charge in [0.05, 0.1) is 13.2 Å². The molecule has 2 aliphatic rings. The molecule has 0 amide bonds. The number of nitrogens with zero attached hydrogens (tertiary/aromatic N) is 2. The van der Waals surface area contributed by atoms with Crippen LogP contribution in [0.3, 0.4) is 0 Å². The van der Waals surface area contributed by atoms with E-state index in [1.807, 2.05) is 13.0 Å². The third kappa shape index (κ3) is 1.26. The highest BCUT2D eigenvalue weighted by Gasteiger charge is 2.54. The fourth-order valence-electron chi connectivity index (χ4n) is 2.12. The highest BCUT2D eigenvalue weighted by molar-refractivity contribution is 5.32. The SMILES string of the molecule is Cc1ccnc(NC2[C@H]3COC[C@@H]23)n1. The zero-order chi connectivity index (χ0) is 9.54. The van der Waals surface area contributed by atoms with Gasteiger partial charge in [0.15, 0.2) is 0 Å². The summed E-state index contributed by atoms with van der Waals surface area (Å²) in [5.41, 5.74) is 1.00. The van der Waals surface area contributed by atoms with Gasteiger partial charge in [-0.3, -0.25) is 0 Å². The quantitative estimate of drug-likeness (QED) is 0.752. The maximum absolute atomic E-state index is 5.32. The maximum atomic E-state index is 5.32. The van der Waals surface area contributed by atoms with Crippen LogP contribution >= 0.6 is 0 Å². The van der Waals surface area contributed by atoms with E-state index in [1.54, 1.807) is 6.20 Å². The van der Waals surface area contributed by atoms with Crippen molar-refractivity contribution in [3.63, 3.8) is 0 Å². The van der Waals surface area contributed by atoms with E-state index in [9.17, 15) is 0 Å². The normalized spacial score (nSPS) is 33.9. The highest BCUT2D eigenvalue weighted by Crippen LogP contribution is 2.45. The van der Waals surface area contributed by atoms with Crippen LogP contribution in [0.25, 0.3) is 0 Å². The summed E-state index contributed by atoms with van der Waals surface area (Å²) in [5.74, 6) is 2.14. The van der Waals surface area contributed by atoms with E-state index in [4.69, 9.17) is 4.74 Å². The predicted molar refractivity (Wildman–Crippen MR) is 52.0 cm³/mol. The third-order valence-corrected chi connectivity index (χ3v) is 3.04. The Bertz CT molecular complexity index is 345. The summed E-state index contributed by atoms with van der Waals surface area (Å²) in [6.45, 7) is 3.77. The number of rotatable bonds is 2. The third-order valence-electron chi connectivity index (χ3n) is 3.04. The van der Waals surface area contributed by atoms with Gasteiger partial charge < -0.3 is 10.1 Å². The Morgan fingerprint density at radius 1 is 1.43 bits per heavy atom. The fraction of sp³-hybridized carbons (Fsp3) is 0.600. The van der Waals surface area contributed by atoms with E-state index in [-0.39, 0.29) is 0 Å². The molecule has 1 N–H and O–H groups in total. The van der Waals surface area contributed by atoms with Crippen molar-refractivity contribution in [2.75, 3.05) is 18.5 Å². The lowest BCUT2D eigenvalue weighted by molar-refractivity contribution is 0.162. The summed E-state index contributed by atoms with van der Waals surface area (Å²) >= 11 is 0. The molecule has 1 aliphatic carbocycles. The first-order valence-electron chi connectivity index (χ1n) is 4.98. The molecule has 0 radical (unpaired) electrons. The maximum Gasteiger partial charge on any atom is 0.223 e. The second-order valence-corrected chi connectivity index (χ2v) is 4.06. The lowest BCUT2D eigenvalue weighted by Gasteiger charge is -2.06. The molecule has 1 unspecified atom stereocenters. The van der Waals surface area contributed by atoms with Crippen LogP contribution in [-0.2, 0) is 4.74 Å². The van der Waals surface area contributed by atoms with Crippen molar-refractivity contribution < 1.29 is 4.74 Å². The number of aryl methyl sites for hydroxylation is 1. The summed E-state index contributed by atoms with van der Waals surface area (Å²) in [5, 5.41) is 3.36. The van der Waals surface area contributed by atoms with E-state index in [1.165, 1.54) is 0 Å². The Labute approximate surface area is 82.7 Å². The Morgan fingerprint density at radius 2 is 2.21 bits per heavy atom. The Hall–Kier alpha value is -1.16. The summed E-state index contributed by atoms with van der Waals surface area (Å²) in [6, 6.07) is 2.45. The smallest absolute Gasteiger partial charge is 0.223 e. The van der Waals surface area contributed by atoms with Gasteiger partial charge in [0.25, 0.3) is 0 Å². The molecule has 1 aliphatic heterocycles. The average molecular weight is 191 g/mol. The molecule has 3 atom stereocenters. The van der Waals surface area contributed by atoms with Gasteiger partial charge in [-0.05, 0) is 13.0 Å². The number of anilines is 1. The van der Waals surface area contributed by atoms with Gasteiger partial charge in [0, 0.05) is 29.8 Å². The first kappa shape index (κ1) is 8.17. The standard InChI is InChI=1S/C10H13N3O/c1-6-2-3-11-10(12-6)13-9-7-4-14-5-8(7)9/h2-3,7-9H,4-5H2,1H3,(H,11,12,13)/t7-,8+,9?. The van der Waals surface area contributed by atoms with Crippen molar-refractivity contribution in [2.24, 2.45) is 11.8 Å². The molecule has 0 aromatic carbocycles. The van der Waals surface area contributed by atoms with Crippen LogP contribution < -0.4 is 5.32 Å². The van der Waals surface area contributed by atoms with Gasteiger partial charge in [-0.25, -0.2) is 9.97 Å². The van der Waals surface area contributed by atoms with Crippen LogP contribution in [0, 0.1) is 18.8 Å². The number of hydrogen-bond donors (Lipinski definition) is 1. The summed E-state index contributed by atoms with van der Waals surface area (Å²) < 4.78 is 5.32. The topological polar surface area (TPSA) is 47.0 Å². The molecule has 74 valence electrons. The molecular formula is C10H13N3O. The van der Waals surface area contributed by atoms with Crippen molar-refractivity contribution in [2.45, 2.75) is 13.0 Å². The van der Waals surface area contributed by atoms with Gasteiger partial charge in [-0.2, -0.15) is 0 Å². The van der Waals surface area contributed by atoms with Gasteiger partial charge >= 0.3 is 0 Å². The molecule has 14 heavy (non-hydrogen) atoms. The second kappa shape index (κ2) is 2.92. The Balaban J connectivity index is 1.68. The van der Waals surface area contributed by atoms with E-state index < -0.39 is 0 Å². The van der Waals surface area contributed by atoms with E-state index in [0.29, 0.717) is 17.9 Å². The molecule has 1 aromatic heterocycles. The minimum absolute atomic E-state index is 0.547. The fourth-order valence-corrected chi connectivity index (χ4v) is 2.12. The molecule has 1 aromatic rings. The molecule has 4 nitrogen and oxygen atoms in total. The van der Waals surface area contributed by atoms with Crippen molar-refractivity contribution in [3.8, 4) is 0 Å². The molecule has 0 spiro atoms.